The molecule has 2 aliphatic heterocycles. The molecule has 4 heterocycles. The van der Waals surface area contributed by atoms with Gasteiger partial charge in [0.2, 0.25) is 0 Å². The minimum absolute atomic E-state index is 0.711. The molecule has 8 heteroatoms. The lowest BCUT2D eigenvalue weighted by molar-refractivity contribution is 0.150. The highest BCUT2D eigenvalue weighted by molar-refractivity contribution is 5.81. The number of allylic oxidation sites excluding steroid dienone is 3. The molecule has 2 aromatic rings. The highest BCUT2D eigenvalue weighted by Gasteiger charge is 2.26. The second kappa shape index (κ2) is 12.8. The van der Waals surface area contributed by atoms with Gasteiger partial charge in [-0.1, -0.05) is 12.5 Å². The van der Waals surface area contributed by atoms with Crippen molar-refractivity contribution in [2.75, 3.05) is 57.8 Å². The van der Waals surface area contributed by atoms with Gasteiger partial charge in [0, 0.05) is 57.1 Å². The number of hydrogen-bond donors (Lipinski definition) is 2. The average Bonchev–Trinajstić information content (AvgIpc) is 3.32. The summed E-state index contributed by atoms with van der Waals surface area (Å²) in [4.78, 5) is 13.9. The van der Waals surface area contributed by atoms with Crippen LogP contribution in [0.1, 0.15) is 44.1 Å². The molecule has 0 unspecified atom stereocenters. The Labute approximate surface area is 203 Å². The second-order valence-electron chi connectivity index (χ2n) is 9.25. The number of fused-ring (bicyclic) bond motifs is 1. The summed E-state index contributed by atoms with van der Waals surface area (Å²) < 4.78 is 1.92. The Morgan fingerprint density at radius 3 is 2.76 bits per heavy atom. The maximum absolute atomic E-state index is 4.83. The van der Waals surface area contributed by atoms with Crippen LogP contribution in [0.4, 0.5) is 5.69 Å². The van der Waals surface area contributed by atoms with Gasteiger partial charge in [0.1, 0.15) is 0 Å². The van der Waals surface area contributed by atoms with Crippen molar-refractivity contribution in [3.63, 3.8) is 0 Å². The van der Waals surface area contributed by atoms with Gasteiger partial charge in [0.05, 0.1) is 24.3 Å². The van der Waals surface area contributed by atoms with Crippen LogP contribution in [0.2, 0.25) is 0 Å². The van der Waals surface area contributed by atoms with Crippen LogP contribution in [-0.4, -0.2) is 85.1 Å². The molecule has 2 fully saturated rings. The van der Waals surface area contributed by atoms with Crippen LogP contribution in [0.25, 0.3) is 11.2 Å². The zero-order valence-electron chi connectivity index (χ0n) is 20.6. The molecular formula is C26H40N8. The summed E-state index contributed by atoms with van der Waals surface area (Å²) >= 11 is 0. The summed E-state index contributed by atoms with van der Waals surface area (Å²) in [5.74, 6) is 0. The topological polar surface area (TPSA) is 73.1 Å². The zero-order valence-corrected chi connectivity index (χ0v) is 20.6. The number of anilines is 1. The van der Waals surface area contributed by atoms with E-state index in [1.54, 1.807) is 6.20 Å². The SMILES string of the molecule is C=N/C=C\C(=C/CCCCCNC)c1cnn2cc(N3CCC(N4CCNCC4)CC3)cnc12. The summed E-state index contributed by atoms with van der Waals surface area (Å²) in [6.45, 7) is 11.4. The number of piperazine rings is 1. The molecule has 2 aromatic heterocycles. The van der Waals surface area contributed by atoms with E-state index in [2.05, 4.69) is 49.5 Å². The van der Waals surface area contributed by atoms with E-state index in [4.69, 9.17) is 4.98 Å². The van der Waals surface area contributed by atoms with Gasteiger partial charge in [0.15, 0.2) is 5.65 Å². The molecule has 0 saturated carbocycles. The van der Waals surface area contributed by atoms with Crippen molar-refractivity contribution >= 4 is 23.6 Å². The third-order valence-electron chi connectivity index (χ3n) is 7.01. The smallest absolute Gasteiger partial charge is 0.162 e. The molecular weight excluding hydrogens is 424 g/mol. The molecule has 2 N–H and O–H groups in total. The first-order valence-electron chi connectivity index (χ1n) is 12.8. The molecule has 0 aromatic carbocycles. The van der Waals surface area contributed by atoms with Crippen molar-refractivity contribution in [1.29, 1.82) is 0 Å². The van der Waals surface area contributed by atoms with Crippen molar-refractivity contribution in [1.82, 2.24) is 30.1 Å². The van der Waals surface area contributed by atoms with Crippen LogP contribution in [0, 0.1) is 0 Å². The molecule has 2 saturated heterocycles. The third kappa shape index (κ3) is 6.31. The molecule has 2 aliphatic rings. The van der Waals surface area contributed by atoms with Gasteiger partial charge in [-0.3, -0.25) is 9.89 Å². The predicted octanol–water partition coefficient (Wildman–Crippen LogP) is 2.98. The highest BCUT2D eigenvalue weighted by Crippen LogP contribution is 2.26. The molecule has 0 bridgehead atoms. The van der Waals surface area contributed by atoms with Crippen LogP contribution < -0.4 is 15.5 Å². The monoisotopic (exact) mass is 464 g/mol. The first-order chi connectivity index (χ1) is 16.8. The Morgan fingerprint density at radius 2 is 2.00 bits per heavy atom. The number of nitrogens with zero attached hydrogens (tertiary/aromatic N) is 6. The number of rotatable bonds is 11. The Balaban J connectivity index is 1.42. The molecule has 8 nitrogen and oxygen atoms in total. The van der Waals surface area contributed by atoms with Crippen LogP contribution in [-0.2, 0) is 0 Å². The Bertz CT molecular complexity index is 964. The van der Waals surface area contributed by atoms with Crippen LogP contribution >= 0.6 is 0 Å². The quantitative estimate of drug-likeness (QED) is 0.303. The van der Waals surface area contributed by atoms with E-state index < -0.39 is 0 Å². The maximum Gasteiger partial charge on any atom is 0.162 e. The maximum atomic E-state index is 4.83. The summed E-state index contributed by atoms with van der Waals surface area (Å²) in [5.41, 5.74) is 4.18. The van der Waals surface area contributed by atoms with Crippen molar-refractivity contribution in [3.8, 4) is 0 Å². The number of nitrogens with one attached hydrogen (secondary N) is 2. The highest BCUT2D eigenvalue weighted by atomic mass is 15.3. The van der Waals surface area contributed by atoms with E-state index >= 15 is 0 Å². The molecule has 0 atom stereocenters. The summed E-state index contributed by atoms with van der Waals surface area (Å²) in [6, 6.07) is 0.711. The lowest BCUT2D eigenvalue weighted by Crippen LogP contribution is -2.52. The largest absolute Gasteiger partial charge is 0.369 e. The second-order valence-corrected chi connectivity index (χ2v) is 9.25. The zero-order chi connectivity index (χ0) is 23.6. The predicted molar refractivity (Wildman–Crippen MR) is 142 cm³/mol. The van der Waals surface area contributed by atoms with E-state index in [1.165, 1.54) is 45.2 Å². The van der Waals surface area contributed by atoms with Gasteiger partial charge in [-0.05, 0) is 64.1 Å². The van der Waals surface area contributed by atoms with Gasteiger partial charge < -0.3 is 15.5 Å². The van der Waals surface area contributed by atoms with Gasteiger partial charge in [-0.15, -0.1) is 0 Å². The van der Waals surface area contributed by atoms with Crippen molar-refractivity contribution < 1.29 is 0 Å². The average molecular weight is 465 g/mol. The minimum atomic E-state index is 0.711. The Morgan fingerprint density at radius 1 is 1.18 bits per heavy atom. The lowest BCUT2D eigenvalue weighted by atomic mass is 10.0. The summed E-state index contributed by atoms with van der Waals surface area (Å²) in [7, 11) is 2.00. The Hall–Kier alpha value is -2.55. The first kappa shape index (κ1) is 24.6. The molecule has 0 amide bonds. The van der Waals surface area contributed by atoms with Crippen LogP contribution in [0.3, 0.4) is 0 Å². The van der Waals surface area contributed by atoms with Crippen molar-refractivity contribution in [3.05, 3.63) is 42.5 Å². The third-order valence-corrected chi connectivity index (χ3v) is 7.01. The fraction of sp³-hybridized carbons (Fsp3) is 0.577. The van der Waals surface area contributed by atoms with E-state index in [9.17, 15) is 0 Å². The van der Waals surface area contributed by atoms with E-state index in [0.717, 1.165) is 61.6 Å². The van der Waals surface area contributed by atoms with Crippen LogP contribution in [0.15, 0.2) is 41.9 Å². The molecule has 0 spiro atoms. The molecule has 184 valence electrons. The number of unbranched alkanes of at least 4 members (excludes halogenated alkanes) is 3. The fourth-order valence-corrected chi connectivity index (χ4v) is 5.05. The molecule has 0 aliphatic carbocycles. The van der Waals surface area contributed by atoms with Crippen molar-refractivity contribution in [2.24, 2.45) is 4.99 Å². The standard InChI is InChI=1S/C26H40N8/c1-27-11-6-4-3-5-7-22(8-12-28-2)25-20-31-34-21-24(19-30-26(25)34)32-15-9-23(10-16-32)33-17-13-29-14-18-33/h7-8,12,19-21,23,27,29H,2-6,9-11,13-18H2,1H3/b12-8-,22-7+. The van der Waals surface area contributed by atoms with Gasteiger partial charge in [-0.2, -0.15) is 5.10 Å². The van der Waals surface area contributed by atoms with Gasteiger partial charge in [0.25, 0.3) is 0 Å². The van der Waals surface area contributed by atoms with E-state index in [1.807, 2.05) is 30.0 Å². The molecule has 34 heavy (non-hydrogen) atoms. The normalized spacial score (nSPS) is 18.9. The van der Waals surface area contributed by atoms with E-state index in [0.29, 0.717) is 6.04 Å². The fourth-order valence-electron chi connectivity index (χ4n) is 5.05. The van der Waals surface area contributed by atoms with Crippen molar-refractivity contribution in [2.45, 2.75) is 44.6 Å². The number of piperidine rings is 1. The van der Waals surface area contributed by atoms with Crippen LogP contribution in [0.5, 0.6) is 0 Å². The summed E-state index contributed by atoms with van der Waals surface area (Å²) in [5, 5.41) is 11.3. The number of aliphatic imine (C=N–C) groups is 1. The lowest BCUT2D eigenvalue weighted by Gasteiger charge is -2.40. The molecule has 0 radical (unpaired) electrons. The van der Waals surface area contributed by atoms with Gasteiger partial charge >= 0.3 is 0 Å². The number of aromatic nitrogens is 3. The Kier molecular flexibility index (Phi) is 9.24. The minimum Gasteiger partial charge on any atom is -0.369 e. The summed E-state index contributed by atoms with van der Waals surface area (Å²) in [6.07, 6.45) is 19.1. The van der Waals surface area contributed by atoms with Gasteiger partial charge in [-0.25, -0.2) is 9.50 Å². The first-order valence-corrected chi connectivity index (χ1v) is 12.8. The van der Waals surface area contributed by atoms with E-state index in [-0.39, 0.29) is 0 Å². The number of hydrogen-bond acceptors (Lipinski definition) is 7. The molecule has 4 rings (SSSR count).